The Balaban J connectivity index is 1.76. The molecule has 0 aliphatic carbocycles. The Morgan fingerprint density at radius 1 is 1.08 bits per heavy atom. The molecular formula is C19H14N4OS. The number of rotatable bonds is 4. The molecule has 2 aromatic heterocycles. The summed E-state index contributed by atoms with van der Waals surface area (Å²) in [4.78, 5) is 27.2. The predicted octanol–water partition coefficient (Wildman–Crippen LogP) is 3.93. The third-order valence-corrected chi connectivity index (χ3v) is 4.47. The molecule has 4 rings (SSSR count). The molecule has 2 heterocycles. The van der Waals surface area contributed by atoms with Gasteiger partial charge in [-0.3, -0.25) is 4.79 Å². The van der Waals surface area contributed by atoms with Gasteiger partial charge in [0.25, 0.3) is 5.91 Å². The fourth-order valence-electron chi connectivity index (χ4n) is 2.64. The van der Waals surface area contributed by atoms with Gasteiger partial charge in [-0.15, -0.1) is 11.3 Å². The van der Waals surface area contributed by atoms with Crippen LogP contribution in [0.2, 0.25) is 0 Å². The third kappa shape index (κ3) is 3.25. The molecule has 0 aliphatic heterocycles. The summed E-state index contributed by atoms with van der Waals surface area (Å²) in [5.74, 6) is -0.124. The molecular weight excluding hydrogens is 332 g/mol. The van der Waals surface area contributed by atoms with Crippen molar-refractivity contribution in [1.29, 1.82) is 0 Å². The first-order valence-corrected chi connectivity index (χ1v) is 8.69. The van der Waals surface area contributed by atoms with E-state index >= 15 is 0 Å². The average molecular weight is 346 g/mol. The summed E-state index contributed by atoms with van der Waals surface area (Å²) in [5.41, 5.74) is 4.81. The monoisotopic (exact) mass is 346 g/mol. The average Bonchev–Trinajstić information content (AvgIpc) is 3.21. The summed E-state index contributed by atoms with van der Waals surface area (Å²) in [7, 11) is 0. The fraction of sp³-hybridized carbons (Fsp3) is 0.0526. The van der Waals surface area contributed by atoms with Crippen molar-refractivity contribution in [3.8, 4) is 0 Å². The van der Waals surface area contributed by atoms with Crippen molar-refractivity contribution in [1.82, 2.24) is 15.0 Å². The number of nitrogens with zero attached hydrogens (tertiary/aromatic N) is 4. The third-order valence-electron chi connectivity index (χ3n) is 3.88. The minimum absolute atomic E-state index is 0.124. The Hall–Kier alpha value is -3.12. The molecule has 1 amide bonds. The van der Waals surface area contributed by atoms with Crippen LogP contribution in [0.1, 0.15) is 16.1 Å². The number of carbonyl (C=O) groups excluding carboxylic acids is 1. The standard InChI is InChI=1S/C19H14N4OS/c24-19(18-11-25-13-22-18)23(10-14-4-2-1-3-5-14)16-6-7-17-15(8-16)9-20-12-21-17/h1-9,11-13H,10H2. The molecule has 122 valence electrons. The van der Waals surface area contributed by atoms with Gasteiger partial charge in [-0.05, 0) is 23.8 Å². The van der Waals surface area contributed by atoms with Gasteiger partial charge in [0.15, 0.2) is 0 Å². The zero-order valence-corrected chi connectivity index (χ0v) is 14.1. The maximum absolute atomic E-state index is 13.0. The van der Waals surface area contributed by atoms with Crippen LogP contribution in [0.3, 0.4) is 0 Å². The fourth-order valence-corrected chi connectivity index (χ4v) is 3.17. The number of amides is 1. The second-order valence-corrected chi connectivity index (χ2v) is 6.24. The van der Waals surface area contributed by atoms with Gasteiger partial charge in [-0.25, -0.2) is 15.0 Å². The molecule has 6 heteroatoms. The molecule has 2 aromatic carbocycles. The van der Waals surface area contributed by atoms with Crippen LogP contribution >= 0.6 is 11.3 Å². The highest BCUT2D eigenvalue weighted by Crippen LogP contribution is 2.24. The summed E-state index contributed by atoms with van der Waals surface area (Å²) in [5, 5.41) is 2.66. The molecule has 0 aliphatic rings. The Morgan fingerprint density at radius 2 is 1.96 bits per heavy atom. The normalized spacial score (nSPS) is 10.7. The molecule has 0 spiro atoms. The highest BCUT2D eigenvalue weighted by Gasteiger charge is 2.20. The van der Waals surface area contributed by atoms with E-state index in [0.29, 0.717) is 12.2 Å². The van der Waals surface area contributed by atoms with Crippen molar-refractivity contribution in [3.05, 3.63) is 83.2 Å². The van der Waals surface area contributed by atoms with Crippen LogP contribution < -0.4 is 4.90 Å². The lowest BCUT2D eigenvalue weighted by Gasteiger charge is -2.22. The molecule has 0 radical (unpaired) electrons. The van der Waals surface area contributed by atoms with Crippen molar-refractivity contribution >= 4 is 33.8 Å². The zero-order chi connectivity index (χ0) is 17.1. The van der Waals surface area contributed by atoms with Crippen LogP contribution in [0.5, 0.6) is 0 Å². The van der Waals surface area contributed by atoms with E-state index in [9.17, 15) is 4.79 Å². The number of anilines is 1. The maximum Gasteiger partial charge on any atom is 0.278 e. The number of hydrogen-bond acceptors (Lipinski definition) is 5. The Bertz CT molecular complexity index is 1000. The highest BCUT2D eigenvalue weighted by molar-refractivity contribution is 7.07. The molecule has 0 saturated heterocycles. The predicted molar refractivity (Wildman–Crippen MR) is 98.6 cm³/mol. The van der Waals surface area contributed by atoms with Crippen molar-refractivity contribution in [2.75, 3.05) is 4.90 Å². The number of fused-ring (bicyclic) bond motifs is 1. The van der Waals surface area contributed by atoms with E-state index < -0.39 is 0 Å². The van der Waals surface area contributed by atoms with Crippen molar-refractivity contribution in [3.63, 3.8) is 0 Å². The Kier molecular flexibility index (Phi) is 4.18. The van der Waals surface area contributed by atoms with E-state index in [4.69, 9.17) is 0 Å². The molecule has 25 heavy (non-hydrogen) atoms. The maximum atomic E-state index is 13.0. The topological polar surface area (TPSA) is 59.0 Å². The molecule has 0 atom stereocenters. The molecule has 5 nitrogen and oxygen atoms in total. The van der Waals surface area contributed by atoms with Gasteiger partial charge in [0.1, 0.15) is 12.0 Å². The number of carbonyl (C=O) groups is 1. The van der Waals surface area contributed by atoms with E-state index in [1.807, 2.05) is 48.5 Å². The van der Waals surface area contributed by atoms with Crippen LogP contribution in [0, 0.1) is 0 Å². The second-order valence-electron chi connectivity index (χ2n) is 5.52. The lowest BCUT2D eigenvalue weighted by Crippen LogP contribution is -2.30. The Morgan fingerprint density at radius 3 is 2.76 bits per heavy atom. The van der Waals surface area contributed by atoms with Crippen molar-refractivity contribution < 1.29 is 4.79 Å². The van der Waals surface area contributed by atoms with E-state index in [0.717, 1.165) is 22.2 Å². The lowest BCUT2D eigenvalue weighted by atomic mass is 10.1. The Labute approximate surface area is 148 Å². The van der Waals surface area contributed by atoms with Crippen LogP contribution in [0.25, 0.3) is 10.9 Å². The van der Waals surface area contributed by atoms with Crippen molar-refractivity contribution in [2.45, 2.75) is 6.54 Å². The van der Waals surface area contributed by atoms with Gasteiger partial charge in [0.05, 0.1) is 17.6 Å². The van der Waals surface area contributed by atoms with E-state index in [1.165, 1.54) is 17.7 Å². The molecule has 0 N–H and O–H groups in total. The van der Waals surface area contributed by atoms with Gasteiger partial charge in [-0.2, -0.15) is 0 Å². The van der Waals surface area contributed by atoms with Crippen LogP contribution in [-0.4, -0.2) is 20.9 Å². The molecule has 0 bridgehead atoms. The summed E-state index contributed by atoms with van der Waals surface area (Å²) >= 11 is 1.41. The molecule has 0 unspecified atom stereocenters. The summed E-state index contributed by atoms with van der Waals surface area (Å²) in [6.45, 7) is 0.469. The van der Waals surface area contributed by atoms with Gasteiger partial charge in [0.2, 0.25) is 0 Å². The number of thiazole rings is 1. The zero-order valence-electron chi connectivity index (χ0n) is 13.2. The lowest BCUT2D eigenvalue weighted by molar-refractivity contribution is 0.0981. The van der Waals surface area contributed by atoms with Crippen LogP contribution in [-0.2, 0) is 6.54 Å². The summed E-state index contributed by atoms with van der Waals surface area (Å²) in [6.07, 6.45) is 3.27. The molecule has 0 saturated carbocycles. The van der Waals surface area contributed by atoms with Gasteiger partial charge >= 0.3 is 0 Å². The van der Waals surface area contributed by atoms with Gasteiger partial charge < -0.3 is 4.90 Å². The first-order chi connectivity index (χ1) is 12.3. The minimum atomic E-state index is -0.124. The smallest absolute Gasteiger partial charge is 0.278 e. The summed E-state index contributed by atoms with van der Waals surface area (Å²) < 4.78 is 0. The van der Waals surface area contributed by atoms with E-state index in [1.54, 1.807) is 22.0 Å². The molecule has 0 fully saturated rings. The first kappa shape index (κ1) is 15.4. The largest absolute Gasteiger partial charge is 0.303 e. The first-order valence-electron chi connectivity index (χ1n) is 7.75. The number of benzene rings is 2. The number of aromatic nitrogens is 3. The molecule has 4 aromatic rings. The van der Waals surface area contributed by atoms with Gasteiger partial charge in [0, 0.05) is 22.7 Å². The van der Waals surface area contributed by atoms with E-state index in [2.05, 4.69) is 15.0 Å². The number of hydrogen-bond donors (Lipinski definition) is 0. The minimum Gasteiger partial charge on any atom is -0.303 e. The highest BCUT2D eigenvalue weighted by atomic mass is 32.1. The quantitative estimate of drug-likeness (QED) is 0.562. The summed E-state index contributed by atoms with van der Waals surface area (Å²) in [6, 6.07) is 15.6. The van der Waals surface area contributed by atoms with Crippen LogP contribution in [0.15, 0.2) is 71.9 Å². The van der Waals surface area contributed by atoms with Gasteiger partial charge in [-0.1, -0.05) is 30.3 Å². The van der Waals surface area contributed by atoms with E-state index in [-0.39, 0.29) is 5.91 Å². The van der Waals surface area contributed by atoms with Crippen molar-refractivity contribution in [2.24, 2.45) is 0 Å². The van der Waals surface area contributed by atoms with Crippen LogP contribution in [0.4, 0.5) is 5.69 Å². The SMILES string of the molecule is O=C(c1cscn1)N(Cc1ccccc1)c1ccc2ncncc2c1. The second kappa shape index (κ2) is 6.78.